The molecule has 0 aliphatic rings. The molecule has 0 saturated heterocycles. The number of benzene rings is 2. The number of para-hydroxylation sites is 2. The van der Waals surface area contributed by atoms with E-state index in [4.69, 9.17) is 0 Å². The molecule has 0 aliphatic carbocycles. The second-order valence-electron chi connectivity index (χ2n) is 6.10. The van der Waals surface area contributed by atoms with Crippen LogP contribution in [-0.2, 0) is 11.2 Å². The molecule has 4 aromatic rings. The Hall–Kier alpha value is -3.74. The van der Waals surface area contributed by atoms with Crippen LogP contribution in [0.4, 0.5) is 0 Å². The molecule has 2 aromatic carbocycles. The summed E-state index contributed by atoms with van der Waals surface area (Å²) in [4.78, 5) is 28.8. The molecule has 0 spiro atoms. The highest BCUT2D eigenvalue weighted by Crippen LogP contribution is 2.09. The minimum absolute atomic E-state index is 0.236. The molecule has 1 amide bonds. The average molecular weight is 359 g/mol. The van der Waals surface area contributed by atoms with Crippen molar-refractivity contribution in [3.05, 3.63) is 89.2 Å². The molecule has 134 valence electrons. The lowest BCUT2D eigenvalue weighted by molar-refractivity contribution is -0.117. The average Bonchev–Trinajstić information content (AvgIpc) is 3.19. The number of rotatable bonds is 5. The topological polar surface area (TPSA) is 81.8 Å². The van der Waals surface area contributed by atoms with Gasteiger partial charge >= 0.3 is 0 Å². The highest BCUT2D eigenvalue weighted by atomic mass is 16.2. The molecule has 2 aromatic heterocycles. The molecule has 7 nitrogen and oxygen atoms in total. The number of fused-ring (bicyclic) bond motifs is 1. The van der Waals surface area contributed by atoms with E-state index >= 15 is 0 Å². The number of hydrogen-bond acceptors (Lipinski definition) is 4. The summed E-state index contributed by atoms with van der Waals surface area (Å²) in [5.41, 5.74) is 4.79. The molecular formula is C20H17N5O2. The summed E-state index contributed by atoms with van der Waals surface area (Å²) in [6, 6.07) is 16.8. The first kappa shape index (κ1) is 16.7. The van der Waals surface area contributed by atoms with Gasteiger partial charge in [0.1, 0.15) is 6.33 Å². The van der Waals surface area contributed by atoms with Crippen molar-refractivity contribution in [2.45, 2.75) is 12.8 Å². The molecule has 7 heteroatoms. The summed E-state index contributed by atoms with van der Waals surface area (Å²) in [6.07, 6.45) is 5.72. The van der Waals surface area contributed by atoms with Gasteiger partial charge in [-0.1, -0.05) is 30.3 Å². The molecule has 0 saturated carbocycles. The van der Waals surface area contributed by atoms with E-state index in [9.17, 15) is 9.59 Å². The van der Waals surface area contributed by atoms with Crippen LogP contribution in [0.2, 0.25) is 0 Å². The van der Waals surface area contributed by atoms with Crippen LogP contribution in [0, 0.1) is 0 Å². The summed E-state index contributed by atoms with van der Waals surface area (Å²) < 4.78 is 2.89. The van der Waals surface area contributed by atoms with Gasteiger partial charge < -0.3 is 0 Å². The van der Waals surface area contributed by atoms with E-state index in [1.807, 2.05) is 42.6 Å². The molecule has 0 atom stereocenters. The number of hydrogen-bond donors (Lipinski definition) is 1. The summed E-state index contributed by atoms with van der Waals surface area (Å²) in [6.45, 7) is 0. The first-order chi connectivity index (χ1) is 13.2. The van der Waals surface area contributed by atoms with Crippen molar-refractivity contribution in [3.63, 3.8) is 0 Å². The fourth-order valence-corrected chi connectivity index (χ4v) is 2.81. The van der Waals surface area contributed by atoms with E-state index < -0.39 is 0 Å². The van der Waals surface area contributed by atoms with E-state index in [2.05, 4.69) is 15.5 Å². The minimum atomic E-state index is -0.300. The number of amides is 1. The Morgan fingerprint density at radius 3 is 2.67 bits per heavy atom. The Balaban J connectivity index is 1.41. The number of aromatic nitrogens is 4. The van der Waals surface area contributed by atoms with Crippen LogP contribution in [0.5, 0.6) is 0 Å². The van der Waals surface area contributed by atoms with Gasteiger partial charge in [0, 0.05) is 12.6 Å². The second-order valence-corrected chi connectivity index (χ2v) is 6.10. The van der Waals surface area contributed by atoms with Gasteiger partial charge in [0.25, 0.3) is 5.56 Å². The van der Waals surface area contributed by atoms with Gasteiger partial charge in [0.05, 0.1) is 22.8 Å². The molecule has 0 radical (unpaired) electrons. The lowest BCUT2D eigenvalue weighted by atomic mass is 10.2. The first-order valence-corrected chi connectivity index (χ1v) is 8.56. The van der Waals surface area contributed by atoms with E-state index in [0.717, 1.165) is 15.9 Å². The molecule has 1 N–H and O–H groups in total. The van der Waals surface area contributed by atoms with Crippen LogP contribution >= 0.6 is 0 Å². The van der Waals surface area contributed by atoms with Gasteiger partial charge in [-0.3, -0.25) is 15.0 Å². The zero-order chi connectivity index (χ0) is 18.6. The van der Waals surface area contributed by atoms with Gasteiger partial charge in [0.2, 0.25) is 5.91 Å². The summed E-state index contributed by atoms with van der Waals surface area (Å²) in [7, 11) is 0. The standard InChI is InChI=1S/C20H17N5O2/c26-19(23-25-14-21-18-9-5-4-8-17(18)20(25)27)11-10-15-12-22-24(13-15)16-6-2-1-3-7-16/h1-9,12-14H,10-11H2,(H,23,26). The number of nitrogens with zero attached hydrogens (tertiary/aromatic N) is 4. The highest BCUT2D eigenvalue weighted by Gasteiger charge is 2.08. The third-order valence-corrected chi connectivity index (χ3v) is 4.21. The number of nitrogens with one attached hydrogen (secondary N) is 1. The Kier molecular flexibility index (Phi) is 4.49. The van der Waals surface area contributed by atoms with Crippen LogP contribution in [0.25, 0.3) is 16.6 Å². The molecule has 0 fully saturated rings. The predicted molar refractivity (Wildman–Crippen MR) is 102 cm³/mol. The Morgan fingerprint density at radius 2 is 1.81 bits per heavy atom. The maximum absolute atomic E-state index is 12.4. The Morgan fingerprint density at radius 1 is 1.04 bits per heavy atom. The third-order valence-electron chi connectivity index (χ3n) is 4.21. The van der Waals surface area contributed by atoms with E-state index in [-0.39, 0.29) is 17.9 Å². The van der Waals surface area contributed by atoms with E-state index in [1.54, 1.807) is 29.1 Å². The van der Waals surface area contributed by atoms with Gasteiger partial charge in [-0.05, 0) is 36.2 Å². The smallest absolute Gasteiger partial charge is 0.273 e. The normalized spacial score (nSPS) is 10.8. The van der Waals surface area contributed by atoms with Crippen molar-refractivity contribution < 1.29 is 4.79 Å². The molecular weight excluding hydrogens is 342 g/mol. The Bertz CT molecular complexity index is 1150. The van der Waals surface area contributed by atoms with E-state index in [0.29, 0.717) is 17.3 Å². The van der Waals surface area contributed by atoms with Crippen LogP contribution in [0.3, 0.4) is 0 Å². The summed E-state index contributed by atoms with van der Waals surface area (Å²) >= 11 is 0. The van der Waals surface area contributed by atoms with Gasteiger partial charge in [-0.25, -0.2) is 14.3 Å². The largest absolute Gasteiger partial charge is 0.280 e. The quantitative estimate of drug-likeness (QED) is 0.593. The maximum Gasteiger partial charge on any atom is 0.280 e. The van der Waals surface area contributed by atoms with Crippen LogP contribution in [-0.4, -0.2) is 25.3 Å². The molecule has 0 unspecified atom stereocenters. The molecule has 27 heavy (non-hydrogen) atoms. The van der Waals surface area contributed by atoms with Crippen LogP contribution in [0.15, 0.2) is 78.1 Å². The van der Waals surface area contributed by atoms with E-state index in [1.165, 1.54) is 6.33 Å². The van der Waals surface area contributed by atoms with Crippen molar-refractivity contribution in [3.8, 4) is 5.69 Å². The molecule has 2 heterocycles. The minimum Gasteiger partial charge on any atom is -0.273 e. The summed E-state index contributed by atoms with van der Waals surface area (Å²) in [5.74, 6) is -0.262. The number of carbonyl (C=O) groups excluding carboxylic acids is 1. The molecule has 0 aliphatic heterocycles. The van der Waals surface area contributed by atoms with Crippen molar-refractivity contribution in [1.29, 1.82) is 0 Å². The number of aryl methyl sites for hydroxylation is 1. The van der Waals surface area contributed by atoms with Crippen LogP contribution in [0.1, 0.15) is 12.0 Å². The second kappa shape index (κ2) is 7.25. The molecule has 4 rings (SSSR count). The number of carbonyl (C=O) groups is 1. The van der Waals surface area contributed by atoms with Crippen LogP contribution < -0.4 is 11.0 Å². The lowest BCUT2D eigenvalue weighted by Gasteiger charge is -2.08. The Labute approximate surface area is 154 Å². The van der Waals surface area contributed by atoms with Crippen molar-refractivity contribution in [2.24, 2.45) is 0 Å². The zero-order valence-electron chi connectivity index (χ0n) is 14.4. The van der Waals surface area contributed by atoms with Crippen molar-refractivity contribution in [2.75, 3.05) is 5.43 Å². The highest BCUT2D eigenvalue weighted by molar-refractivity contribution is 5.84. The van der Waals surface area contributed by atoms with Crippen molar-refractivity contribution >= 4 is 16.8 Å². The molecule has 0 bridgehead atoms. The fourth-order valence-electron chi connectivity index (χ4n) is 2.81. The third kappa shape index (κ3) is 3.62. The van der Waals surface area contributed by atoms with Gasteiger partial charge in [-0.2, -0.15) is 5.10 Å². The monoisotopic (exact) mass is 359 g/mol. The zero-order valence-corrected chi connectivity index (χ0v) is 14.4. The predicted octanol–water partition coefficient (Wildman–Crippen LogP) is 2.29. The fraction of sp³-hybridized carbons (Fsp3) is 0.100. The maximum atomic E-state index is 12.4. The van der Waals surface area contributed by atoms with Gasteiger partial charge in [-0.15, -0.1) is 0 Å². The summed E-state index contributed by atoms with van der Waals surface area (Å²) in [5, 5.41) is 4.78. The first-order valence-electron chi connectivity index (χ1n) is 8.56. The van der Waals surface area contributed by atoms with Crippen molar-refractivity contribution in [1.82, 2.24) is 19.4 Å². The van der Waals surface area contributed by atoms with Gasteiger partial charge in [0.15, 0.2) is 0 Å². The lowest BCUT2D eigenvalue weighted by Crippen LogP contribution is -2.33. The SMILES string of the molecule is O=C(CCc1cnn(-c2ccccc2)c1)Nn1cnc2ccccc2c1=O.